The number of nitrogens with two attached hydrogens (primary N) is 1. The molecule has 0 amide bonds. The molecular formula is C15H25ClN2. The monoisotopic (exact) mass is 268 g/mol. The molecule has 18 heavy (non-hydrogen) atoms. The fourth-order valence-electron chi connectivity index (χ4n) is 1.93. The van der Waals surface area contributed by atoms with E-state index in [4.69, 9.17) is 17.3 Å². The van der Waals surface area contributed by atoms with Crippen LogP contribution in [0.2, 0.25) is 5.02 Å². The second kappa shape index (κ2) is 5.94. The highest BCUT2D eigenvalue weighted by Gasteiger charge is 2.23. The third-order valence-corrected chi connectivity index (χ3v) is 3.96. The molecule has 0 aliphatic carbocycles. The zero-order valence-electron chi connectivity index (χ0n) is 12.1. The summed E-state index contributed by atoms with van der Waals surface area (Å²) in [7, 11) is 2.12. The zero-order valence-corrected chi connectivity index (χ0v) is 12.9. The molecule has 0 spiro atoms. The Labute approximate surface area is 116 Å². The molecule has 3 heteroatoms. The Morgan fingerprint density at radius 1 is 1.39 bits per heavy atom. The molecule has 0 aliphatic heterocycles. The minimum atomic E-state index is 0.108. The molecule has 102 valence electrons. The van der Waals surface area contributed by atoms with E-state index in [1.807, 2.05) is 19.1 Å². The van der Waals surface area contributed by atoms with Crippen molar-refractivity contribution in [3.05, 3.63) is 28.8 Å². The van der Waals surface area contributed by atoms with Gasteiger partial charge in [-0.15, -0.1) is 0 Å². The summed E-state index contributed by atoms with van der Waals surface area (Å²) in [5.74, 6) is 0. The predicted molar refractivity (Wildman–Crippen MR) is 81.6 cm³/mol. The molecule has 0 fully saturated rings. The molecule has 0 bridgehead atoms. The zero-order chi connectivity index (χ0) is 13.9. The Morgan fingerprint density at radius 3 is 2.50 bits per heavy atom. The lowest BCUT2D eigenvalue weighted by molar-refractivity contribution is 0.469. The Kier molecular flexibility index (Phi) is 5.06. The van der Waals surface area contributed by atoms with E-state index in [-0.39, 0.29) is 11.6 Å². The molecule has 0 saturated heterocycles. The topological polar surface area (TPSA) is 29.3 Å². The summed E-state index contributed by atoms with van der Waals surface area (Å²) >= 11 is 6.13. The van der Waals surface area contributed by atoms with Crippen molar-refractivity contribution in [2.45, 2.75) is 52.1 Å². The van der Waals surface area contributed by atoms with E-state index in [2.05, 4.69) is 38.8 Å². The van der Waals surface area contributed by atoms with Crippen molar-refractivity contribution >= 4 is 17.3 Å². The summed E-state index contributed by atoms with van der Waals surface area (Å²) < 4.78 is 0. The molecule has 2 N–H and O–H groups in total. The third kappa shape index (κ3) is 3.63. The standard InChI is InChI=1S/C15H25ClN2/c1-6-15(3,4)18(5)14-10-13(16)8-7-12(14)9-11(2)17/h7-8,10-11H,6,9,17H2,1-5H3. The average Bonchev–Trinajstić information content (AvgIpc) is 2.30. The van der Waals surface area contributed by atoms with E-state index in [9.17, 15) is 0 Å². The van der Waals surface area contributed by atoms with Crippen LogP contribution in [0.4, 0.5) is 5.69 Å². The van der Waals surface area contributed by atoms with Crippen molar-refractivity contribution in [1.29, 1.82) is 0 Å². The first-order valence-electron chi connectivity index (χ1n) is 6.55. The maximum absolute atomic E-state index is 6.13. The van der Waals surface area contributed by atoms with Gasteiger partial charge in [-0.2, -0.15) is 0 Å². The number of hydrogen-bond donors (Lipinski definition) is 1. The molecule has 1 aromatic rings. The Hall–Kier alpha value is -0.730. The highest BCUT2D eigenvalue weighted by atomic mass is 35.5. The summed E-state index contributed by atoms with van der Waals surface area (Å²) in [4.78, 5) is 2.30. The van der Waals surface area contributed by atoms with E-state index in [1.165, 1.54) is 11.3 Å². The first-order valence-corrected chi connectivity index (χ1v) is 6.93. The van der Waals surface area contributed by atoms with Gasteiger partial charge < -0.3 is 10.6 Å². The summed E-state index contributed by atoms with van der Waals surface area (Å²) in [6, 6.07) is 6.22. The normalized spacial score (nSPS) is 13.5. The van der Waals surface area contributed by atoms with Crippen molar-refractivity contribution in [2.24, 2.45) is 5.73 Å². The second-order valence-corrected chi connectivity index (χ2v) is 6.12. The smallest absolute Gasteiger partial charge is 0.0426 e. The van der Waals surface area contributed by atoms with Gasteiger partial charge in [-0.1, -0.05) is 24.6 Å². The van der Waals surface area contributed by atoms with Crippen LogP contribution in [0.1, 0.15) is 39.7 Å². The van der Waals surface area contributed by atoms with Crippen molar-refractivity contribution in [3.63, 3.8) is 0 Å². The van der Waals surface area contributed by atoms with Gasteiger partial charge in [0.2, 0.25) is 0 Å². The van der Waals surface area contributed by atoms with Gasteiger partial charge in [-0.25, -0.2) is 0 Å². The van der Waals surface area contributed by atoms with Crippen molar-refractivity contribution in [3.8, 4) is 0 Å². The van der Waals surface area contributed by atoms with Crippen LogP contribution in [0.25, 0.3) is 0 Å². The molecule has 0 aromatic heterocycles. The second-order valence-electron chi connectivity index (χ2n) is 5.68. The Bertz CT molecular complexity index is 399. The van der Waals surface area contributed by atoms with Gasteiger partial charge in [-0.3, -0.25) is 0 Å². The Morgan fingerprint density at radius 2 is 2.00 bits per heavy atom. The molecular weight excluding hydrogens is 244 g/mol. The first-order chi connectivity index (χ1) is 8.27. The SMILES string of the molecule is CCC(C)(C)N(C)c1cc(Cl)ccc1CC(C)N. The minimum Gasteiger partial charge on any atom is -0.369 e. The molecule has 1 aromatic carbocycles. The lowest BCUT2D eigenvalue weighted by atomic mass is 9.96. The number of anilines is 1. The fraction of sp³-hybridized carbons (Fsp3) is 0.600. The molecule has 1 atom stereocenters. The fourth-order valence-corrected chi connectivity index (χ4v) is 2.10. The van der Waals surface area contributed by atoms with Crippen molar-refractivity contribution in [2.75, 3.05) is 11.9 Å². The molecule has 2 nitrogen and oxygen atoms in total. The molecule has 1 rings (SSSR count). The largest absolute Gasteiger partial charge is 0.369 e. The van der Waals surface area contributed by atoms with Gasteiger partial charge in [0.15, 0.2) is 0 Å². The van der Waals surface area contributed by atoms with Crippen LogP contribution in [-0.4, -0.2) is 18.6 Å². The van der Waals surface area contributed by atoms with Crippen molar-refractivity contribution in [1.82, 2.24) is 0 Å². The number of halogens is 1. The molecule has 1 unspecified atom stereocenters. The maximum Gasteiger partial charge on any atom is 0.0426 e. The maximum atomic E-state index is 6.13. The molecule has 0 saturated carbocycles. The van der Waals surface area contributed by atoms with Gasteiger partial charge in [0.1, 0.15) is 0 Å². The van der Waals surface area contributed by atoms with E-state index in [1.54, 1.807) is 0 Å². The van der Waals surface area contributed by atoms with E-state index in [0.717, 1.165) is 17.9 Å². The quantitative estimate of drug-likeness (QED) is 0.879. The van der Waals surface area contributed by atoms with Crippen LogP contribution in [0, 0.1) is 0 Å². The predicted octanol–water partition coefficient (Wildman–Crippen LogP) is 3.85. The van der Waals surface area contributed by atoms with Crippen molar-refractivity contribution < 1.29 is 0 Å². The number of hydrogen-bond acceptors (Lipinski definition) is 2. The summed E-state index contributed by atoms with van der Waals surface area (Å²) in [6.07, 6.45) is 1.95. The van der Waals surface area contributed by atoms with Gasteiger partial charge in [0.25, 0.3) is 0 Å². The van der Waals surface area contributed by atoms with Gasteiger partial charge >= 0.3 is 0 Å². The van der Waals surface area contributed by atoms with Crippen LogP contribution in [0.3, 0.4) is 0 Å². The lowest BCUT2D eigenvalue weighted by Crippen LogP contribution is -2.41. The summed E-state index contributed by atoms with van der Waals surface area (Å²) in [5, 5.41) is 0.775. The minimum absolute atomic E-state index is 0.108. The van der Waals surface area contributed by atoms with Gasteiger partial charge in [-0.05, 0) is 51.3 Å². The molecule has 0 radical (unpaired) electrons. The summed E-state index contributed by atoms with van der Waals surface area (Å²) in [6.45, 7) is 8.71. The highest BCUT2D eigenvalue weighted by Crippen LogP contribution is 2.31. The first kappa shape index (κ1) is 15.3. The van der Waals surface area contributed by atoms with Crippen LogP contribution in [-0.2, 0) is 6.42 Å². The van der Waals surface area contributed by atoms with Crippen LogP contribution < -0.4 is 10.6 Å². The van der Waals surface area contributed by atoms with E-state index >= 15 is 0 Å². The number of benzene rings is 1. The molecule has 0 aliphatic rings. The van der Waals surface area contributed by atoms with Crippen LogP contribution in [0.5, 0.6) is 0 Å². The van der Waals surface area contributed by atoms with Crippen LogP contribution >= 0.6 is 11.6 Å². The summed E-state index contributed by atoms with van der Waals surface area (Å²) in [5.41, 5.74) is 8.48. The van der Waals surface area contributed by atoms with Gasteiger partial charge in [0, 0.05) is 29.3 Å². The van der Waals surface area contributed by atoms with E-state index < -0.39 is 0 Å². The Balaban J connectivity index is 3.16. The number of nitrogens with zero attached hydrogens (tertiary/aromatic N) is 1. The van der Waals surface area contributed by atoms with E-state index in [0.29, 0.717) is 0 Å². The van der Waals surface area contributed by atoms with Crippen LogP contribution in [0.15, 0.2) is 18.2 Å². The third-order valence-electron chi connectivity index (χ3n) is 3.72. The highest BCUT2D eigenvalue weighted by molar-refractivity contribution is 6.30. The number of rotatable bonds is 5. The average molecular weight is 269 g/mol. The van der Waals surface area contributed by atoms with Gasteiger partial charge in [0.05, 0.1) is 0 Å². The molecule has 0 heterocycles. The lowest BCUT2D eigenvalue weighted by Gasteiger charge is -2.38.